The molecule has 2 N–H and O–H groups in total. The maximum Gasteiger partial charge on any atom is 0.254 e. The largest absolute Gasteiger partial charge is 0.366 e. The Kier molecular flexibility index (Phi) is 5.34. The lowest BCUT2D eigenvalue weighted by Gasteiger charge is -2.23. The van der Waals surface area contributed by atoms with Crippen LogP contribution < -0.4 is 5.73 Å². The molecule has 2 heterocycles. The maximum absolute atomic E-state index is 13.1. The van der Waals surface area contributed by atoms with Gasteiger partial charge < -0.3 is 10.6 Å². The van der Waals surface area contributed by atoms with Crippen LogP contribution in [0.25, 0.3) is 0 Å². The van der Waals surface area contributed by atoms with Crippen molar-refractivity contribution in [2.24, 2.45) is 5.73 Å². The summed E-state index contributed by atoms with van der Waals surface area (Å²) in [6, 6.07) is 13.9. The first-order valence-electron chi connectivity index (χ1n) is 8.10. The van der Waals surface area contributed by atoms with Crippen molar-refractivity contribution in [3.05, 3.63) is 95.6 Å². The van der Waals surface area contributed by atoms with Crippen LogP contribution in [0.2, 0.25) is 0 Å². The number of aromatic nitrogens is 2. The highest BCUT2D eigenvalue weighted by atomic mass is 16.2. The van der Waals surface area contributed by atoms with E-state index in [1.807, 2.05) is 24.3 Å². The normalized spacial score (nSPS) is 10.3. The third-order valence-corrected chi connectivity index (χ3v) is 3.87. The molecule has 130 valence electrons. The fourth-order valence-electron chi connectivity index (χ4n) is 2.61. The summed E-state index contributed by atoms with van der Waals surface area (Å²) < 4.78 is 0. The van der Waals surface area contributed by atoms with Crippen molar-refractivity contribution in [2.45, 2.75) is 13.1 Å². The van der Waals surface area contributed by atoms with E-state index >= 15 is 0 Å². The summed E-state index contributed by atoms with van der Waals surface area (Å²) >= 11 is 0. The highest BCUT2D eigenvalue weighted by molar-refractivity contribution is 5.99. The molecule has 0 aliphatic carbocycles. The molecule has 6 heteroatoms. The molecule has 6 nitrogen and oxygen atoms in total. The summed E-state index contributed by atoms with van der Waals surface area (Å²) in [7, 11) is 0. The van der Waals surface area contributed by atoms with Crippen LogP contribution in [-0.2, 0) is 13.1 Å². The van der Waals surface area contributed by atoms with Gasteiger partial charge in [0.05, 0.1) is 0 Å². The molecule has 0 aliphatic rings. The molecule has 0 saturated carbocycles. The molecular weight excluding hydrogens is 328 g/mol. The predicted molar refractivity (Wildman–Crippen MR) is 97.0 cm³/mol. The van der Waals surface area contributed by atoms with Crippen LogP contribution in [0.4, 0.5) is 0 Å². The number of nitrogens with two attached hydrogens (primary N) is 1. The van der Waals surface area contributed by atoms with Crippen LogP contribution >= 0.6 is 0 Å². The molecule has 3 rings (SSSR count). The topological polar surface area (TPSA) is 89.2 Å². The van der Waals surface area contributed by atoms with Crippen molar-refractivity contribution in [1.82, 2.24) is 14.9 Å². The van der Waals surface area contributed by atoms with E-state index in [0.717, 1.165) is 11.1 Å². The molecule has 0 radical (unpaired) electrons. The summed E-state index contributed by atoms with van der Waals surface area (Å²) in [6.07, 6.45) is 6.83. The van der Waals surface area contributed by atoms with Gasteiger partial charge in [-0.1, -0.05) is 18.2 Å². The van der Waals surface area contributed by atoms with Crippen molar-refractivity contribution >= 4 is 11.8 Å². The lowest BCUT2D eigenvalue weighted by atomic mass is 10.1. The van der Waals surface area contributed by atoms with Crippen molar-refractivity contribution in [1.29, 1.82) is 0 Å². The Morgan fingerprint density at radius 1 is 0.846 bits per heavy atom. The first kappa shape index (κ1) is 17.3. The minimum absolute atomic E-state index is 0.194. The molecule has 3 aromatic rings. The fourth-order valence-corrected chi connectivity index (χ4v) is 2.61. The average Bonchev–Trinajstić information content (AvgIpc) is 2.68. The van der Waals surface area contributed by atoms with Crippen LogP contribution in [0.1, 0.15) is 31.8 Å². The van der Waals surface area contributed by atoms with E-state index < -0.39 is 5.91 Å². The van der Waals surface area contributed by atoms with Gasteiger partial charge >= 0.3 is 0 Å². The van der Waals surface area contributed by atoms with Crippen molar-refractivity contribution in [3.8, 4) is 0 Å². The molecule has 2 aromatic heterocycles. The number of carbonyl (C=O) groups is 2. The lowest BCUT2D eigenvalue weighted by molar-refractivity contribution is 0.0729. The van der Waals surface area contributed by atoms with Gasteiger partial charge in [0.2, 0.25) is 5.91 Å². The molecule has 0 spiro atoms. The molecule has 0 aliphatic heterocycles. The first-order chi connectivity index (χ1) is 12.6. The summed E-state index contributed by atoms with van der Waals surface area (Å²) in [5.74, 6) is -0.758. The van der Waals surface area contributed by atoms with E-state index in [1.54, 1.807) is 47.9 Å². The number of rotatable bonds is 6. The minimum Gasteiger partial charge on any atom is -0.366 e. The number of hydrogen-bond donors (Lipinski definition) is 1. The zero-order chi connectivity index (χ0) is 18.4. The van der Waals surface area contributed by atoms with Crippen LogP contribution in [0, 0.1) is 0 Å². The van der Waals surface area contributed by atoms with E-state index in [1.165, 1.54) is 6.07 Å². The molecule has 26 heavy (non-hydrogen) atoms. The van der Waals surface area contributed by atoms with Gasteiger partial charge in [0.1, 0.15) is 0 Å². The first-order valence-corrected chi connectivity index (χ1v) is 8.10. The van der Waals surface area contributed by atoms with Gasteiger partial charge in [0.15, 0.2) is 0 Å². The van der Waals surface area contributed by atoms with Crippen LogP contribution in [0.15, 0.2) is 73.3 Å². The SMILES string of the molecule is NC(=O)c1cccc(C(=O)N(Cc2cccnc2)Cc2cccnc2)c1. The molecular formula is C20H18N4O2. The third kappa shape index (κ3) is 4.30. The van der Waals surface area contributed by atoms with Gasteiger partial charge in [-0.25, -0.2) is 0 Å². The smallest absolute Gasteiger partial charge is 0.254 e. The highest BCUT2D eigenvalue weighted by Gasteiger charge is 2.18. The standard InChI is InChI=1S/C20H18N4O2/c21-19(25)17-6-1-7-18(10-17)20(26)24(13-15-4-2-8-22-11-15)14-16-5-3-9-23-12-16/h1-12H,13-14H2,(H2,21,25). The minimum atomic E-state index is -0.564. The van der Waals surface area contributed by atoms with Crippen LogP contribution in [0.5, 0.6) is 0 Å². The molecule has 2 amide bonds. The Morgan fingerprint density at radius 3 is 1.92 bits per heavy atom. The Hall–Kier alpha value is -3.54. The predicted octanol–water partition coefficient (Wildman–Crippen LogP) is 2.42. The third-order valence-electron chi connectivity index (χ3n) is 3.87. The second-order valence-corrected chi connectivity index (χ2v) is 5.83. The monoisotopic (exact) mass is 346 g/mol. The average molecular weight is 346 g/mol. The van der Waals surface area contributed by atoms with E-state index in [2.05, 4.69) is 9.97 Å². The molecule has 1 aromatic carbocycles. The Balaban J connectivity index is 1.89. The zero-order valence-electron chi connectivity index (χ0n) is 14.1. The van der Waals surface area contributed by atoms with Crippen molar-refractivity contribution in [3.63, 3.8) is 0 Å². The summed E-state index contributed by atoms with van der Waals surface area (Å²) in [5.41, 5.74) is 7.87. The number of primary amides is 1. The van der Waals surface area contributed by atoms with Gasteiger partial charge in [-0.05, 0) is 41.5 Å². The second-order valence-electron chi connectivity index (χ2n) is 5.83. The maximum atomic E-state index is 13.1. The number of pyridine rings is 2. The summed E-state index contributed by atoms with van der Waals surface area (Å²) in [4.78, 5) is 34.4. The van der Waals surface area contributed by atoms with Crippen molar-refractivity contribution in [2.75, 3.05) is 0 Å². The van der Waals surface area contributed by atoms with Gasteiger partial charge in [-0.3, -0.25) is 19.6 Å². The van der Waals surface area contributed by atoms with Crippen LogP contribution in [0.3, 0.4) is 0 Å². The number of carbonyl (C=O) groups excluding carboxylic acids is 2. The Bertz CT molecular complexity index is 856. The van der Waals surface area contributed by atoms with Gasteiger partial charge in [0.25, 0.3) is 5.91 Å². The van der Waals surface area contributed by atoms with E-state index in [0.29, 0.717) is 24.2 Å². The quantitative estimate of drug-likeness (QED) is 0.742. The Morgan fingerprint density at radius 2 is 1.42 bits per heavy atom. The van der Waals surface area contributed by atoms with E-state index in [4.69, 9.17) is 5.73 Å². The van der Waals surface area contributed by atoms with Crippen molar-refractivity contribution < 1.29 is 9.59 Å². The highest BCUT2D eigenvalue weighted by Crippen LogP contribution is 2.14. The van der Waals surface area contributed by atoms with E-state index in [-0.39, 0.29) is 5.91 Å². The van der Waals surface area contributed by atoms with Gasteiger partial charge in [-0.15, -0.1) is 0 Å². The number of benzene rings is 1. The molecule has 0 bridgehead atoms. The van der Waals surface area contributed by atoms with Crippen LogP contribution in [-0.4, -0.2) is 26.7 Å². The molecule has 0 fully saturated rings. The molecule has 0 atom stereocenters. The summed E-state index contributed by atoms with van der Waals surface area (Å²) in [6.45, 7) is 0.782. The fraction of sp³-hybridized carbons (Fsp3) is 0.100. The zero-order valence-corrected chi connectivity index (χ0v) is 14.1. The lowest BCUT2D eigenvalue weighted by Crippen LogP contribution is -2.30. The number of hydrogen-bond acceptors (Lipinski definition) is 4. The second kappa shape index (κ2) is 8.02. The Labute approximate surface area is 151 Å². The number of amides is 2. The molecule has 0 unspecified atom stereocenters. The van der Waals surface area contributed by atoms with E-state index in [9.17, 15) is 9.59 Å². The van der Waals surface area contributed by atoms with Gasteiger partial charge in [-0.2, -0.15) is 0 Å². The summed E-state index contributed by atoms with van der Waals surface area (Å²) in [5, 5.41) is 0. The number of nitrogens with zero attached hydrogens (tertiary/aromatic N) is 3. The molecule has 0 saturated heterocycles. The van der Waals surface area contributed by atoms with Gasteiger partial charge in [0, 0.05) is 49.0 Å².